The van der Waals surface area contributed by atoms with Gasteiger partial charge in [-0.05, 0) is 38.0 Å². The van der Waals surface area contributed by atoms with E-state index in [1.165, 1.54) is 0 Å². The summed E-state index contributed by atoms with van der Waals surface area (Å²) in [7, 11) is 1.65. The van der Waals surface area contributed by atoms with Crippen LogP contribution in [0.5, 0.6) is 5.75 Å². The zero-order valence-corrected chi connectivity index (χ0v) is 14.0. The molecule has 5 nitrogen and oxygen atoms in total. The minimum atomic E-state index is -0.576. The van der Waals surface area contributed by atoms with Gasteiger partial charge in [-0.3, -0.25) is 0 Å². The summed E-state index contributed by atoms with van der Waals surface area (Å²) in [5.41, 5.74) is 1.07. The van der Waals surface area contributed by atoms with Crippen molar-refractivity contribution in [3.05, 3.63) is 42.0 Å². The number of rotatable bonds is 8. The molecule has 0 aliphatic carbocycles. The van der Waals surface area contributed by atoms with Crippen LogP contribution < -0.4 is 4.74 Å². The highest BCUT2D eigenvalue weighted by Gasteiger charge is 2.37. The molecule has 1 aliphatic heterocycles. The Morgan fingerprint density at radius 1 is 1.30 bits per heavy atom. The Kier molecular flexibility index (Phi) is 6.59. The first-order valence-corrected chi connectivity index (χ1v) is 7.86. The lowest BCUT2D eigenvalue weighted by Gasteiger charge is -2.24. The molecule has 1 aromatic rings. The molecule has 0 radical (unpaired) electrons. The van der Waals surface area contributed by atoms with Crippen LogP contribution in [0.15, 0.2) is 36.4 Å². The van der Waals surface area contributed by atoms with E-state index >= 15 is 0 Å². The molecule has 1 aromatic carbocycles. The Morgan fingerprint density at radius 3 is 2.61 bits per heavy atom. The summed E-state index contributed by atoms with van der Waals surface area (Å²) in [6, 6.07) is 7.79. The average molecular weight is 322 g/mol. The number of methoxy groups -OCH3 is 1. The molecule has 128 valence electrons. The molecule has 0 unspecified atom stereocenters. The van der Waals surface area contributed by atoms with Gasteiger partial charge in [-0.2, -0.15) is 0 Å². The van der Waals surface area contributed by atoms with Gasteiger partial charge in [0.25, 0.3) is 0 Å². The van der Waals surface area contributed by atoms with Gasteiger partial charge >= 0.3 is 0 Å². The van der Waals surface area contributed by atoms with Crippen molar-refractivity contribution in [1.82, 2.24) is 0 Å². The van der Waals surface area contributed by atoms with E-state index in [9.17, 15) is 0 Å². The van der Waals surface area contributed by atoms with Gasteiger partial charge in [0.05, 0.1) is 33.0 Å². The van der Waals surface area contributed by atoms with Crippen molar-refractivity contribution in [2.75, 3.05) is 20.3 Å². The maximum atomic E-state index is 8.89. The van der Waals surface area contributed by atoms with E-state index in [2.05, 4.69) is 0 Å². The minimum absolute atomic E-state index is 0.0265. The zero-order valence-electron chi connectivity index (χ0n) is 14.0. The third-order valence-corrected chi connectivity index (χ3v) is 3.71. The summed E-state index contributed by atoms with van der Waals surface area (Å²) >= 11 is 0. The molecular weight excluding hydrogens is 296 g/mol. The fourth-order valence-corrected chi connectivity index (χ4v) is 2.46. The first kappa shape index (κ1) is 17.9. The van der Waals surface area contributed by atoms with Crippen LogP contribution in [-0.4, -0.2) is 43.4 Å². The van der Waals surface area contributed by atoms with Gasteiger partial charge in [0.1, 0.15) is 11.9 Å². The monoisotopic (exact) mass is 322 g/mol. The molecule has 0 amide bonds. The van der Waals surface area contributed by atoms with Crippen LogP contribution >= 0.6 is 0 Å². The highest BCUT2D eigenvalue weighted by Crippen LogP contribution is 2.27. The second-order valence-electron chi connectivity index (χ2n) is 5.95. The number of hydrogen-bond donors (Lipinski definition) is 1. The lowest BCUT2D eigenvalue weighted by molar-refractivity contribution is -0.157. The van der Waals surface area contributed by atoms with Crippen LogP contribution in [0.25, 0.3) is 0 Å². The molecular formula is C18H26O5. The van der Waals surface area contributed by atoms with Crippen molar-refractivity contribution >= 4 is 0 Å². The number of ether oxygens (including phenoxy) is 4. The normalized spacial score (nSPS) is 21.7. The fourth-order valence-electron chi connectivity index (χ4n) is 2.46. The van der Waals surface area contributed by atoms with Crippen LogP contribution in [0, 0.1) is 0 Å². The first-order valence-electron chi connectivity index (χ1n) is 7.86. The van der Waals surface area contributed by atoms with Crippen LogP contribution in [0.3, 0.4) is 0 Å². The molecule has 1 fully saturated rings. The van der Waals surface area contributed by atoms with E-state index in [0.717, 1.165) is 11.3 Å². The standard InChI is InChI=1S/C18H26O5/c1-18(2)22-13-17(23-18)16(6-4-5-11-19)21-12-14-7-9-15(20-3)10-8-14/h4-5,7-10,16-17,19H,6,11-13H2,1-3H3/b5-4+/t16-,17+/m0/s1. The fraction of sp³-hybridized carbons (Fsp3) is 0.556. The quantitative estimate of drug-likeness (QED) is 0.746. The molecule has 2 rings (SSSR count). The topological polar surface area (TPSA) is 57.2 Å². The molecule has 5 heteroatoms. The highest BCUT2D eigenvalue weighted by atomic mass is 16.7. The summed E-state index contributed by atoms with van der Waals surface area (Å²) in [6.07, 6.45) is 4.05. The second-order valence-corrected chi connectivity index (χ2v) is 5.95. The molecule has 0 aromatic heterocycles. The van der Waals surface area contributed by atoms with Crippen molar-refractivity contribution in [1.29, 1.82) is 0 Å². The molecule has 0 saturated carbocycles. The molecule has 1 heterocycles. The molecule has 2 atom stereocenters. The van der Waals surface area contributed by atoms with Crippen molar-refractivity contribution in [2.24, 2.45) is 0 Å². The number of aliphatic hydroxyl groups is 1. The van der Waals surface area contributed by atoms with Gasteiger partial charge in [0, 0.05) is 0 Å². The van der Waals surface area contributed by atoms with Crippen LogP contribution in [0.2, 0.25) is 0 Å². The van der Waals surface area contributed by atoms with Crippen molar-refractivity contribution < 1.29 is 24.1 Å². The van der Waals surface area contributed by atoms with Crippen molar-refractivity contribution in [2.45, 2.75) is 44.9 Å². The van der Waals surface area contributed by atoms with Crippen LogP contribution in [0.4, 0.5) is 0 Å². The maximum Gasteiger partial charge on any atom is 0.163 e. The summed E-state index contributed by atoms with van der Waals surface area (Å²) in [4.78, 5) is 0. The van der Waals surface area contributed by atoms with Gasteiger partial charge in [0.15, 0.2) is 5.79 Å². The third kappa shape index (κ3) is 5.62. The van der Waals surface area contributed by atoms with E-state index in [0.29, 0.717) is 19.6 Å². The summed E-state index contributed by atoms with van der Waals surface area (Å²) < 4.78 is 22.7. The third-order valence-electron chi connectivity index (χ3n) is 3.71. The summed E-state index contributed by atoms with van der Waals surface area (Å²) in [6.45, 7) is 4.82. The Bertz CT molecular complexity index is 495. The lowest BCUT2D eigenvalue weighted by Crippen LogP contribution is -2.32. The van der Waals surface area contributed by atoms with Crippen LogP contribution in [-0.2, 0) is 20.8 Å². The van der Waals surface area contributed by atoms with E-state index in [4.69, 9.17) is 24.1 Å². The van der Waals surface area contributed by atoms with Crippen molar-refractivity contribution in [3.8, 4) is 5.75 Å². The average Bonchev–Trinajstić information content (AvgIpc) is 2.91. The first-order chi connectivity index (χ1) is 11.0. The Balaban J connectivity index is 1.94. The Labute approximate surface area is 137 Å². The molecule has 0 spiro atoms. The maximum absolute atomic E-state index is 8.89. The molecule has 0 bridgehead atoms. The van der Waals surface area contributed by atoms with Gasteiger partial charge in [0.2, 0.25) is 0 Å². The second kappa shape index (κ2) is 8.45. The lowest BCUT2D eigenvalue weighted by atomic mass is 10.1. The highest BCUT2D eigenvalue weighted by molar-refractivity contribution is 5.26. The molecule has 23 heavy (non-hydrogen) atoms. The zero-order chi connectivity index (χ0) is 16.7. The van der Waals surface area contributed by atoms with Gasteiger partial charge in [-0.25, -0.2) is 0 Å². The molecule has 1 saturated heterocycles. The SMILES string of the molecule is COc1ccc(CO[C@@H](C/C=C/CO)[C@H]2COC(C)(C)O2)cc1. The van der Waals surface area contributed by atoms with E-state index in [1.54, 1.807) is 13.2 Å². The van der Waals surface area contributed by atoms with Crippen LogP contribution in [0.1, 0.15) is 25.8 Å². The Hall–Kier alpha value is -1.40. The summed E-state index contributed by atoms with van der Waals surface area (Å²) in [5.74, 6) is 0.248. The number of aliphatic hydroxyl groups excluding tert-OH is 1. The van der Waals surface area contributed by atoms with Gasteiger partial charge < -0.3 is 24.1 Å². The summed E-state index contributed by atoms with van der Waals surface area (Å²) in [5, 5.41) is 8.89. The minimum Gasteiger partial charge on any atom is -0.497 e. The molecule has 1 aliphatic rings. The smallest absolute Gasteiger partial charge is 0.163 e. The van der Waals surface area contributed by atoms with E-state index < -0.39 is 5.79 Å². The van der Waals surface area contributed by atoms with E-state index in [1.807, 2.05) is 44.2 Å². The molecule has 1 N–H and O–H groups in total. The van der Waals surface area contributed by atoms with E-state index in [-0.39, 0.29) is 18.8 Å². The predicted octanol–water partition coefficient (Wildman–Crippen LogP) is 2.67. The largest absolute Gasteiger partial charge is 0.497 e. The van der Waals surface area contributed by atoms with Gasteiger partial charge in [-0.1, -0.05) is 24.3 Å². The Morgan fingerprint density at radius 2 is 2.04 bits per heavy atom. The van der Waals surface area contributed by atoms with Gasteiger partial charge in [-0.15, -0.1) is 0 Å². The predicted molar refractivity (Wildman–Crippen MR) is 87.3 cm³/mol. The number of hydrogen-bond acceptors (Lipinski definition) is 5. The van der Waals surface area contributed by atoms with Crippen molar-refractivity contribution in [3.63, 3.8) is 0 Å². The number of benzene rings is 1.